The van der Waals surface area contributed by atoms with Gasteiger partial charge in [0.2, 0.25) is 0 Å². The van der Waals surface area contributed by atoms with Crippen molar-refractivity contribution < 1.29 is 15.3 Å². The Balaban J connectivity index is 0.000000389. The fraction of sp³-hybridized carbons (Fsp3) is 0.514. The third-order valence-corrected chi connectivity index (χ3v) is 7.65. The summed E-state index contributed by atoms with van der Waals surface area (Å²) in [5.41, 5.74) is 7.43. The zero-order valence-electron chi connectivity index (χ0n) is 27.1. The first kappa shape index (κ1) is 33.4. The van der Waals surface area contributed by atoms with Gasteiger partial charge in [-0.05, 0) is 87.6 Å². The van der Waals surface area contributed by atoms with E-state index < -0.39 is 0 Å². The summed E-state index contributed by atoms with van der Waals surface area (Å²) in [5.74, 6) is 0.997. The summed E-state index contributed by atoms with van der Waals surface area (Å²) in [4.78, 5) is 0. The average molecular weight is 547 g/mol. The van der Waals surface area contributed by atoms with Gasteiger partial charge in [0.25, 0.3) is 0 Å². The smallest absolute Gasteiger partial charge is 0.119 e. The molecule has 220 valence electrons. The lowest BCUT2D eigenvalue weighted by Crippen LogP contribution is -2.17. The van der Waals surface area contributed by atoms with E-state index in [4.69, 9.17) is 0 Å². The van der Waals surface area contributed by atoms with Crippen LogP contribution in [0.3, 0.4) is 0 Å². The Kier molecular flexibility index (Phi) is 10.7. The zero-order valence-corrected chi connectivity index (χ0v) is 27.1. The molecule has 0 saturated heterocycles. The van der Waals surface area contributed by atoms with Crippen molar-refractivity contribution in [1.82, 2.24) is 0 Å². The number of benzene rings is 3. The van der Waals surface area contributed by atoms with Gasteiger partial charge >= 0.3 is 0 Å². The van der Waals surface area contributed by atoms with Crippen LogP contribution in [0.2, 0.25) is 0 Å². The lowest BCUT2D eigenvalue weighted by atomic mass is 9.76. The zero-order chi connectivity index (χ0) is 30.6. The first-order chi connectivity index (χ1) is 18.3. The summed E-state index contributed by atoms with van der Waals surface area (Å²) in [7, 11) is 0. The van der Waals surface area contributed by atoms with E-state index in [1.54, 1.807) is 0 Å². The molecule has 1 atom stereocenters. The Bertz CT molecular complexity index is 1180. The molecular formula is C37H54O3. The summed E-state index contributed by atoms with van der Waals surface area (Å²) in [6, 6.07) is 18.0. The number of aliphatic hydroxyl groups is 1. The molecule has 0 saturated carbocycles. The van der Waals surface area contributed by atoms with Crippen LogP contribution in [-0.2, 0) is 10.8 Å². The van der Waals surface area contributed by atoms with Crippen LogP contribution in [0, 0.1) is 19.3 Å². The van der Waals surface area contributed by atoms with Crippen LogP contribution in [0.15, 0.2) is 54.6 Å². The summed E-state index contributed by atoms with van der Waals surface area (Å²) in [6.07, 6.45) is 1.73. The molecule has 0 bridgehead atoms. The minimum atomic E-state index is -0.376. The monoisotopic (exact) mass is 546 g/mol. The van der Waals surface area contributed by atoms with Crippen molar-refractivity contribution >= 4 is 0 Å². The summed E-state index contributed by atoms with van der Waals surface area (Å²) >= 11 is 0. The fourth-order valence-electron chi connectivity index (χ4n) is 5.27. The predicted molar refractivity (Wildman–Crippen MR) is 171 cm³/mol. The quantitative estimate of drug-likeness (QED) is 0.298. The van der Waals surface area contributed by atoms with Gasteiger partial charge in [-0.3, -0.25) is 0 Å². The highest BCUT2D eigenvalue weighted by Crippen LogP contribution is 2.42. The Labute approximate surface area is 244 Å². The molecule has 0 aliphatic carbocycles. The van der Waals surface area contributed by atoms with E-state index >= 15 is 0 Å². The van der Waals surface area contributed by atoms with Crippen LogP contribution in [-0.4, -0.2) is 15.3 Å². The van der Waals surface area contributed by atoms with Crippen molar-refractivity contribution in [2.75, 3.05) is 0 Å². The highest BCUT2D eigenvalue weighted by Gasteiger charge is 2.27. The van der Waals surface area contributed by atoms with Crippen LogP contribution < -0.4 is 0 Å². The number of aryl methyl sites for hydroxylation is 2. The molecule has 3 aromatic carbocycles. The first-order valence-electron chi connectivity index (χ1n) is 14.7. The molecule has 0 aliphatic heterocycles. The van der Waals surface area contributed by atoms with Gasteiger partial charge in [0.05, 0.1) is 6.10 Å². The lowest BCUT2D eigenvalue weighted by molar-refractivity contribution is 0.0627. The lowest BCUT2D eigenvalue weighted by Gasteiger charge is -2.29. The van der Waals surface area contributed by atoms with Crippen molar-refractivity contribution in [1.29, 1.82) is 0 Å². The minimum Gasteiger partial charge on any atom is -0.508 e. The second-order valence-electron chi connectivity index (χ2n) is 14.5. The first-order valence-corrected chi connectivity index (χ1v) is 14.7. The van der Waals surface area contributed by atoms with Gasteiger partial charge in [0.15, 0.2) is 0 Å². The van der Waals surface area contributed by atoms with Gasteiger partial charge < -0.3 is 15.3 Å². The Morgan fingerprint density at radius 3 is 1.38 bits per heavy atom. The third kappa shape index (κ3) is 8.36. The van der Waals surface area contributed by atoms with Crippen molar-refractivity contribution in [2.24, 2.45) is 5.41 Å². The maximum Gasteiger partial charge on any atom is 0.119 e. The highest BCUT2D eigenvalue weighted by molar-refractivity contribution is 5.52. The van der Waals surface area contributed by atoms with Crippen molar-refractivity contribution in [3.63, 3.8) is 0 Å². The number of phenols is 2. The summed E-state index contributed by atoms with van der Waals surface area (Å²) in [5, 5.41) is 30.9. The molecule has 40 heavy (non-hydrogen) atoms. The maximum atomic E-state index is 10.5. The molecule has 3 heteroatoms. The third-order valence-electron chi connectivity index (χ3n) is 7.65. The molecule has 0 fully saturated rings. The Morgan fingerprint density at radius 1 is 0.650 bits per heavy atom. The number of phenolic OH excluding ortho intramolecular Hbond substituents is 2. The largest absolute Gasteiger partial charge is 0.508 e. The van der Waals surface area contributed by atoms with Gasteiger partial charge in [0.1, 0.15) is 11.5 Å². The summed E-state index contributed by atoms with van der Waals surface area (Å²) in [6.45, 7) is 25.3. The molecule has 1 unspecified atom stereocenters. The second kappa shape index (κ2) is 12.8. The Morgan fingerprint density at radius 2 is 1.05 bits per heavy atom. The maximum absolute atomic E-state index is 10.5. The Hall–Kier alpha value is -2.78. The molecule has 3 nitrogen and oxygen atoms in total. The molecule has 0 spiro atoms. The standard InChI is InChI=1S/C26H38O2.C11H16O/c1-10-11-18(19-14-21(25(4,5)6)23(27)12-16(19)2)20-15-22(26(7,8)9)24(28)13-17(20)3;1-11(2,3)10(12)9-7-5-4-6-8-9/h12-15,18,27-28H,10-11H2,1-9H3;4-8,10,12H,1-3H3. The number of rotatable bonds is 5. The van der Waals surface area contributed by atoms with Crippen LogP contribution in [0.5, 0.6) is 11.5 Å². The summed E-state index contributed by atoms with van der Waals surface area (Å²) < 4.78 is 0. The number of hydrogen-bond acceptors (Lipinski definition) is 3. The van der Waals surface area contributed by atoms with Crippen LogP contribution in [0.4, 0.5) is 0 Å². The van der Waals surface area contributed by atoms with Crippen LogP contribution in [0.1, 0.15) is 133 Å². The minimum absolute atomic E-state index is 0.0820. The van der Waals surface area contributed by atoms with Crippen molar-refractivity contribution in [2.45, 2.75) is 119 Å². The van der Waals surface area contributed by atoms with Crippen molar-refractivity contribution in [3.8, 4) is 11.5 Å². The number of hydrogen-bond donors (Lipinski definition) is 3. The van der Waals surface area contributed by atoms with E-state index in [1.165, 1.54) is 11.1 Å². The van der Waals surface area contributed by atoms with E-state index in [2.05, 4.69) is 74.4 Å². The molecule has 3 N–H and O–H groups in total. The van der Waals surface area contributed by atoms with E-state index in [-0.39, 0.29) is 28.3 Å². The topological polar surface area (TPSA) is 60.7 Å². The molecular weight excluding hydrogens is 492 g/mol. The van der Waals surface area contributed by atoms with E-state index in [1.807, 2.05) is 63.2 Å². The van der Waals surface area contributed by atoms with Gasteiger partial charge in [-0.25, -0.2) is 0 Å². The predicted octanol–water partition coefficient (Wildman–Crippen LogP) is 10.0. The molecule has 3 aromatic rings. The highest BCUT2D eigenvalue weighted by atomic mass is 16.3. The molecule has 0 aromatic heterocycles. The number of aliphatic hydroxyl groups excluding tert-OH is 1. The van der Waals surface area contributed by atoms with Crippen molar-refractivity contribution in [3.05, 3.63) is 93.5 Å². The van der Waals surface area contributed by atoms with Crippen LogP contribution in [0.25, 0.3) is 0 Å². The number of aromatic hydroxyl groups is 2. The molecule has 0 radical (unpaired) electrons. The van der Waals surface area contributed by atoms with Gasteiger partial charge in [-0.1, -0.05) is 118 Å². The van der Waals surface area contributed by atoms with E-state index in [0.717, 1.165) is 40.7 Å². The molecule has 0 heterocycles. The SMILES string of the molecule is CC(C)(C)C(O)c1ccccc1.CCCC(c1cc(C(C)(C)C)c(O)cc1C)c1cc(C(C)(C)C)c(O)cc1C. The van der Waals surface area contributed by atoms with E-state index in [9.17, 15) is 15.3 Å². The van der Waals surface area contributed by atoms with E-state index in [0.29, 0.717) is 11.5 Å². The van der Waals surface area contributed by atoms with Gasteiger partial charge in [-0.15, -0.1) is 0 Å². The fourth-order valence-corrected chi connectivity index (χ4v) is 5.27. The average Bonchev–Trinajstić information content (AvgIpc) is 2.81. The normalized spacial score (nSPS) is 13.2. The molecule has 0 aliphatic rings. The molecule has 0 amide bonds. The second-order valence-corrected chi connectivity index (χ2v) is 14.5. The van der Waals surface area contributed by atoms with Gasteiger partial charge in [0, 0.05) is 5.92 Å². The van der Waals surface area contributed by atoms with Gasteiger partial charge in [-0.2, -0.15) is 0 Å². The molecule has 3 rings (SSSR count). The van der Waals surface area contributed by atoms with Crippen LogP contribution >= 0.6 is 0 Å².